The Bertz CT molecular complexity index is 1170. The van der Waals surface area contributed by atoms with Gasteiger partial charge in [0.2, 0.25) is 0 Å². The smallest absolute Gasteiger partial charge is 0.354 e. The summed E-state index contributed by atoms with van der Waals surface area (Å²) in [6.07, 6.45) is 7.58. The van der Waals surface area contributed by atoms with E-state index in [9.17, 15) is 9.59 Å². The van der Waals surface area contributed by atoms with Gasteiger partial charge in [0.05, 0.1) is 12.3 Å². The van der Waals surface area contributed by atoms with Crippen LogP contribution < -0.4 is 0 Å². The number of aromatic nitrogens is 1. The van der Waals surface area contributed by atoms with Crippen molar-refractivity contribution in [2.45, 2.75) is 24.7 Å². The van der Waals surface area contributed by atoms with Gasteiger partial charge in [0.25, 0.3) is 0 Å². The van der Waals surface area contributed by atoms with E-state index in [-0.39, 0.29) is 22.4 Å². The molecule has 3 heterocycles. The number of piperazine rings is 1. The largest absolute Gasteiger partial charge is 0.461 e. The van der Waals surface area contributed by atoms with Crippen molar-refractivity contribution in [3.63, 3.8) is 0 Å². The quantitative estimate of drug-likeness (QED) is 0.500. The minimum atomic E-state index is -0.307. The van der Waals surface area contributed by atoms with Crippen molar-refractivity contribution in [1.29, 1.82) is 0 Å². The molecule has 0 spiro atoms. The minimum absolute atomic E-state index is 0.180. The van der Waals surface area contributed by atoms with Crippen LogP contribution in [0.15, 0.2) is 47.4 Å². The van der Waals surface area contributed by atoms with Crippen LogP contribution in [0.1, 0.15) is 40.7 Å². The van der Waals surface area contributed by atoms with Crippen molar-refractivity contribution in [3.05, 3.63) is 65.0 Å². The molecule has 3 aliphatic rings. The Kier molecular flexibility index (Phi) is 6.44. The van der Waals surface area contributed by atoms with Gasteiger partial charge in [0, 0.05) is 49.6 Å². The van der Waals surface area contributed by atoms with Crippen molar-refractivity contribution in [3.8, 4) is 0 Å². The van der Waals surface area contributed by atoms with E-state index in [0.29, 0.717) is 18.7 Å². The maximum absolute atomic E-state index is 12.8. The average molecular weight is 464 g/mol. The number of benzene rings is 1. The molecule has 2 aromatic rings. The van der Waals surface area contributed by atoms with Crippen LogP contribution in [0.2, 0.25) is 0 Å². The van der Waals surface area contributed by atoms with E-state index in [0.717, 1.165) is 60.9 Å². The molecule has 0 saturated carbocycles. The van der Waals surface area contributed by atoms with Crippen molar-refractivity contribution in [2.24, 2.45) is 0 Å². The zero-order valence-corrected chi connectivity index (χ0v) is 19.7. The predicted octanol–water partition coefficient (Wildman–Crippen LogP) is 3.78. The summed E-state index contributed by atoms with van der Waals surface area (Å²) in [6, 6.07) is 10.1. The number of carbonyl (C=O) groups excluding carboxylic acids is 2. The molecule has 1 unspecified atom stereocenters. The number of ketones is 1. The Morgan fingerprint density at radius 1 is 1.15 bits per heavy atom. The summed E-state index contributed by atoms with van der Waals surface area (Å²) in [5.41, 5.74) is 4.76. The zero-order chi connectivity index (χ0) is 22.8. The summed E-state index contributed by atoms with van der Waals surface area (Å²) in [6.45, 7) is 6.73. The normalized spacial score (nSPS) is 20.0. The Balaban J connectivity index is 1.16. The standard InChI is InChI=1S/C26H29N3O3S/c1-2-32-26(31)23-18-25-22(27-23)8-5-17-33(25)29-15-13-28(14-16-29)12-11-24(30)21-10-9-19-6-3-4-7-20(19)21/h3-8,10,17-18,27H,2,9,11-16H2,1H3. The number of nitrogens with one attached hydrogen (secondary N) is 1. The van der Waals surface area contributed by atoms with Crippen LogP contribution >= 0.6 is 10.7 Å². The second-order valence-electron chi connectivity index (χ2n) is 8.41. The molecule has 0 amide bonds. The van der Waals surface area contributed by atoms with Gasteiger partial charge in [0.15, 0.2) is 5.78 Å². The molecule has 7 heteroatoms. The van der Waals surface area contributed by atoms with E-state index in [4.69, 9.17) is 4.74 Å². The fraction of sp³-hybridized carbons (Fsp3) is 0.346. The number of rotatable bonds is 7. The lowest BCUT2D eigenvalue weighted by Crippen LogP contribution is -2.44. The summed E-state index contributed by atoms with van der Waals surface area (Å²) in [7, 11) is -0.180. The molecule has 2 aliphatic heterocycles. The number of carbonyl (C=O) groups is 2. The molecule has 1 atom stereocenters. The van der Waals surface area contributed by atoms with Crippen LogP contribution in [0, 0.1) is 0 Å². The molecule has 5 rings (SSSR count). The number of fused-ring (bicyclic) bond motifs is 2. The summed E-state index contributed by atoms with van der Waals surface area (Å²) in [4.78, 5) is 31.7. The van der Waals surface area contributed by atoms with E-state index in [1.54, 1.807) is 0 Å². The summed E-state index contributed by atoms with van der Waals surface area (Å²) >= 11 is 0. The van der Waals surface area contributed by atoms with Gasteiger partial charge in [-0.15, -0.1) is 0 Å². The van der Waals surface area contributed by atoms with Crippen molar-refractivity contribution in [1.82, 2.24) is 14.2 Å². The average Bonchev–Trinajstić information content (AvgIpc) is 3.48. The highest BCUT2D eigenvalue weighted by Gasteiger charge is 2.25. The third-order valence-corrected chi connectivity index (χ3v) is 8.52. The van der Waals surface area contributed by atoms with Crippen LogP contribution in [-0.2, 0) is 16.0 Å². The van der Waals surface area contributed by atoms with Gasteiger partial charge in [-0.1, -0.05) is 47.1 Å². The lowest BCUT2D eigenvalue weighted by atomic mass is 10.0. The summed E-state index contributed by atoms with van der Waals surface area (Å²) in [5.74, 6) is -0.0585. The van der Waals surface area contributed by atoms with Gasteiger partial charge in [-0.05, 0) is 42.0 Å². The van der Waals surface area contributed by atoms with E-state index in [1.165, 1.54) is 5.56 Å². The Morgan fingerprint density at radius 2 is 1.97 bits per heavy atom. The maximum atomic E-state index is 12.8. The fourth-order valence-electron chi connectivity index (χ4n) is 4.67. The monoisotopic (exact) mass is 463 g/mol. The Morgan fingerprint density at radius 3 is 2.79 bits per heavy atom. The van der Waals surface area contributed by atoms with Crippen molar-refractivity contribution in [2.75, 3.05) is 39.3 Å². The molecule has 1 N–H and O–H groups in total. The molecular weight excluding hydrogens is 434 g/mol. The predicted molar refractivity (Wildman–Crippen MR) is 133 cm³/mol. The van der Waals surface area contributed by atoms with Gasteiger partial charge in [-0.2, -0.15) is 0 Å². The molecule has 6 nitrogen and oxygen atoms in total. The number of ether oxygens (including phenoxy) is 1. The first kappa shape index (κ1) is 22.1. The third kappa shape index (κ3) is 4.53. The van der Waals surface area contributed by atoms with E-state index in [2.05, 4.69) is 43.8 Å². The van der Waals surface area contributed by atoms with E-state index < -0.39 is 0 Å². The van der Waals surface area contributed by atoms with Gasteiger partial charge in [-0.25, -0.2) is 9.10 Å². The molecule has 1 aromatic heterocycles. The topological polar surface area (TPSA) is 65.6 Å². The summed E-state index contributed by atoms with van der Waals surface area (Å²) < 4.78 is 7.62. The molecule has 172 valence electrons. The second-order valence-corrected chi connectivity index (χ2v) is 10.3. The van der Waals surface area contributed by atoms with Crippen LogP contribution in [0.25, 0.3) is 11.6 Å². The van der Waals surface area contributed by atoms with Gasteiger partial charge in [-0.3, -0.25) is 4.79 Å². The molecule has 0 radical (unpaired) electrons. The first-order chi connectivity index (χ1) is 16.1. The number of Topliss-reactive ketones (excluding diaryl/α,β-unsaturated/α-hetero) is 1. The van der Waals surface area contributed by atoms with Gasteiger partial charge in [0.1, 0.15) is 5.69 Å². The third-order valence-electron chi connectivity index (χ3n) is 6.40. The Labute approximate surface area is 197 Å². The molecule has 1 fully saturated rings. The van der Waals surface area contributed by atoms with Crippen molar-refractivity contribution >= 4 is 39.4 Å². The lowest BCUT2D eigenvalue weighted by Gasteiger charge is -2.36. The van der Waals surface area contributed by atoms with Gasteiger partial charge < -0.3 is 14.6 Å². The number of H-pyrrole nitrogens is 1. The highest BCUT2D eigenvalue weighted by molar-refractivity contribution is 8.13. The van der Waals surface area contributed by atoms with Crippen LogP contribution in [0.4, 0.5) is 0 Å². The first-order valence-electron chi connectivity index (χ1n) is 11.6. The fourth-order valence-corrected chi connectivity index (χ4v) is 6.63. The summed E-state index contributed by atoms with van der Waals surface area (Å²) in [5, 5.41) is 2.22. The Hall–Kier alpha value is -2.74. The minimum Gasteiger partial charge on any atom is -0.461 e. The molecule has 1 aromatic carbocycles. The van der Waals surface area contributed by atoms with E-state index in [1.807, 2.05) is 31.2 Å². The molecule has 1 saturated heterocycles. The van der Waals surface area contributed by atoms with Gasteiger partial charge >= 0.3 is 5.97 Å². The number of nitrogens with zero attached hydrogens (tertiary/aromatic N) is 2. The number of esters is 1. The SMILES string of the molecule is CCOC(=O)c1cc2c([nH]1)C=CC=S2N1CCN(CCC(=O)C2=CCc3ccccc32)CC1. The van der Waals surface area contributed by atoms with Crippen LogP contribution in [0.3, 0.4) is 0 Å². The number of allylic oxidation sites excluding steroid dienone is 3. The number of aromatic amines is 1. The zero-order valence-electron chi connectivity index (χ0n) is 18.9. The molecular formula is C26H29N3O3S. The molecule has 1 aliphatic carbocycles. The number of hydrogen-bond donors (Lipinski definition) is 1. The van der Waals surface area contributed by atoms with Crippen molar-refractivity contribution < 1.29 is 14.3 Å². The maximum Gasteiger partial charge on any atom is 0.354 e. The first-order valence-corrected chi connectivity index (χ1v) is 12.8. The van der Waals surface area contributed by atoms with Crippen LogP contribution in [-0.4, -0.2) is 70.6 Å². The van der Waals surface area contributed by atoms with Crippen LogP contribution in [0.5, 0.6) is 0 Å². The highest BCUT2D eigenvalue weighted by Crippen LogP contribution is 2.38. The van der Waals surface area contributed by atoms with E-state index >= 15 is 0 Å². The molecule has 33 heavy (non-hydrogen) atoms. The second kappa shape index (κ2) is 9.63. The molecule has 0 bridgehead atoms. The lowest BCUT2D eigenvalue weighted by molar-refractivity contribution is -0.114. The number of hydrogen-bond acceptors (Lipinski definition) is 5. The highest BCUT2D eigenvalue weighted by atomic mass is 32.2.